The molecule has 0 spiro atoms. The van der Waals surface area contributed by atoms with E-state index in [9.17, 15) is 9.59 Å². The number of imide groups is 1. The molecule has 0 N–H and O–H groups in total. The van der Waals surface area contributed by atoms with E-state index >= 15 is 0 Å². The monoisotopic (exact) mass is 327 g/mol. The van der Waals surface area contributed by atoms with Crippen LogP contribution in [0.3, 0.4) is 0 Å². The minimum atomic E-state index is -0.151. The van der Waals surface area contributed by atoms with Crippen LogP contribution in [0.5, 0.6) is 11.5 Å². The number of hydrogen-bond donors (Lipinski definition) is 0. The number of carbonyl (C=O) groups excluding carboxylic acids is 2. The summed E-state index contributed by atoms with van der Waals surface area (Å²) in [5, 5.41) is 0. The van der Waals surface area contributed by atoms with E-state index in [1.807, 2.05) is 12.1 Å². The predicted molar refractivity (Wildman–Crippen MR) is 87.4 cm³/mol. The smallest absolute Gasteiger partial charge is 0.234 e. The average Bonchev–Trinajstić information content (AvgIpc) is 2.89. The molecule has 1 aliphatic heterocycles. The van der Waals surface area contributed by atoms with E-state index < -0.39 is 0 Å². The maximum absolute atomic E-state index is 12.8. The van der Waals surface area contributed by atoms with Crippen molar-refractivity contribution in [3.8, 4) is 11.5 Å². The first-order valence-electron chi connectivity index (χ1n) is 8.38. The van der Waals surface area contributed by atoms with Gasteiger partial charge in [0.2, 0.25) is 11.8 Å². The summed E-state index contributed by atoms with van der Waals surface area (Å²) in [6, 6.07) is 5.50. The van der Waals surface area contributed by atoms with Crippen molar-refractivity contribution < 1.29 is 19.1 Å². The van der Waals surface area contributed by atoms with Crippen LogP contribution >= 0.6 is 0 Å². The molecule has 1 aromatic rings. The van der Waals surface area contributed by atoms with Gasteiger partial charge in [-0.3, -0.25) is 14.5 Å². The van der Waals surface area contributed by atoms with Crippen molar-refractivity contribution in [2.24, 2.45) is 23.7 Å². The summed E-state index contributed by atoms with van der Waals surface area (Å²) in [4.78, 5) is 27.1. The highest BCUT2D eigenvalue weighted by molar-refractivity contribution is 6.06. The Balaban J connectivity index is 1.60. The van der Waals surface area contributed by atoms with E-state index in [1.165, 1.54) is 4.90 Å². The maximum atomic E-state index is 12.8. The fourth-order valence-corrected chi connectivity index (χ4v) is 4.45. The minimum absolute atomic E-state index is 0.0150. The number of ether oxygens (including phenoxy) is 2. The summed E-state index contributed by atoms with van der Waals surface area (Å²) in [7, 11) is 3.16. The lowest BCUT2D eigenvalue weighted by molar-refractivity contribution is -0.140. The number of nitrogens with zero attached hydrogens (tertiary/aromatic N) is 1. The van der Waals surface area contributed by atoms with Crippen molar-refractivity contribution in [2.75, 3.05) is 14.2 Å². The van der Waals surface area contributed by atoms with E-state index in [2.05, 4.69) is 12.2 Å². The number of allylic oxidation sites excluding steroid dienone is 2. The number of fused-ring (bicyclic) bond motifs is 1. The molecule has 0 aromatic heterocycles. The third-order valence-corrected chi connectivity index (χ3v) is 5.64. The molecule has 4 atom stereocenters. The molecular formula is C19H21NO4. The number of methoxy groups -OCH3 is 2. The van der Waals surface area contributed by atoms with Gasteiger partial charge < -0.3 is 9.47 Å². The molecule has 0 radical (unpaired) electrons. The quantitative estimate of drug-likeness (QED) is 0.629. The first-order chi connectivity index (χ1) is 11.6. The van der Waals surface area contributed by atoms with Gasteiger partial charge in [-0.05, 0) is 42.4 Å². The van der Waals surface area contributed by atoms with E-state index in [1.54, 1.807) is 20.3 Å². The zero-order chi connectivity index (χ0) is 16.8. The van der Waals surface area contributed by atoms with E-state index in [0.717, 1.165) is 18.4 Å². The first kappa shape index (κ1) is 15.2. The topological polar surface area (TPSA) is 55.8 Å². The van der Waals surface area contributed by atoms with Crippen molar-refractivity contribution >= 4 is 11.8 Å². The molecule has 5 rings (SSSR count). The summed E-state index contributed by atoms with van der Waals surface area (Å²) < 4.78 is 10.5. The van der Waals surface area contributed by atoms with Crippen LogP contribution in [0.15, 0.2) is 30.4 Å². The standard InChI is InChI=1S/C19H21NO4/c1-23-14-8-3-11(9-15(14)24-2)10-20-18(21)16-12-4-5-13(7-6-12)17(16)19(20)22/h3-5,8-9,12-13,16-17H,6-7,10H2,1-2H3/t12-,13+,16-,17+. The van der Waals surface area contributed by atoms with Crippen LogP contribution in [0.25, 0.3) is 0 Å². The van der Waals surface area contributed by atoms with Crippen molar-refractivity contribution in [2.45, 2.75) is 19.4 Å². The Morgan fingerprint density at radius 3 is 2.04 bits per heavy atom. The van der Waals surface area contributed by atoms with E-state index in [0.29, 0.717) is 18.0 Å². The number of benzene rings is 1. The maximum Gasteiger partial charge on any atom is 0.234 e. The van der Waals surface area contributed by atoms with Crippen molar-refractivity contribution in [1.29, 1.82) is 0 Å². The van der Waals surface area contributed by atoms with Crippen LogP contribution in [0.2, 0.25) is 0 Å². The molecule has 2 fully saturated rings. The van der Waals surface area contributed by atoms with Crippen LogP contribution in [0, 0.1) is 23.7 Å². The van der Waals surface area contributed by atoms with E-state index in [4.69, 9.17) is 9.47 Å². The van der Waals surface area contributed by atoms with Crippen LogP contribution in [-0.2, 0) is 16.1 Å². The Morgan fingerprint density at radius 1 is 0.958 bits per heavy atom. The normalized spacial score (nSPS) is 30.7. The first-order valence-corrected chi connectivity index (χ1v) is 8.38. The Kier molecular flexibility index (Phi) is 3.59. The van der Waals surface area contributed by atoms with Crippen LogP contribution in [0.1, 0.15) is 18.4 Å². The van der Waals surface area contributed by atoms with E-state index in [-0.39, 0.29) is 35.5 Å². The second-order valence-electron chi connectivity index (χ2n) is 6.79. The highest BCUT2D eigenvalue weighted by Gasteiger charge is 2.56. The lowest BCUT2D eigenvalue weighted by Crippen LogP contribution is -2.38. The molecule has 2 bridgehead atoms. The van der Waals surface area contributed by atoms with Gasteiger partial charge in [0.05, 0.1) is 32.6 Å². The molecule has 1 aromatic carbocycles. The number of hydrogen-bond acceptors (Lipinski definition) is 4. The lowest BCUT2D eigenvalue weighted by atomic mass is 9.63. The summed E-state index contributed by atoms with van der Waals surface area (Å²) >= 11 is 0. The third-order valence-electron chi connectivity index (χ3n) is 5.64. The fourth-order valence-electron chi connectivity index (χ4n) is 4.45. The molecule has 1 saturated heterocycles. The van der Waals surface area contributed by atoms with Crippen molar-refractivity contribution in [1.82, 2.24) is 4.90 Å². The SMILES string of the molecule is COc1ccc(CN2C(=O)[C@@H]3[C@H](C2=O)[C@@H]2C=C[C@H]3CC2)cc1OC. The molecule has 2 amide bonds. The lowest BCUT2D eigenvalue weighted by Gasteiger charge is -2.38. The highest BCUT2D eigenvalue weighted by Crippen LogP contribution is 2.49. The Hall–Kier alpha value is -2.30. The summed E-state index contributed by atoms with van der Waals surface area (Å²) in [5.41, 5.74) is 0.869. The van der Waals surface area contributed by atoms with Gasteiger partial charge in [-0.25, -0.2) is 0 Å². The molecule has 5 nitrogen and oxygen atoms in total. The largest absolute Gasteiger partial charge is 0.493 e. The average molecular weight is 327 g/mol. The van der Waals surface area contributed by atoms with Gasteiger partial charge in [-0.2, -0.15) is 0 Å². The molecule has 3 aliphatic carbocycles. The number of rotatable bonds is 4. The summed E-state index contributed by atoms with van der Waals surface area (Å²) in [5.74, 6) is 1.36. The highest BCUT2D eigenvalue weighted by atomic mass is 16.5. The molecule has 126 valence electrons. The summed E-state index contributed by atoms with van der Waals surface area (Å²) in [6.07, 6.45) is 6.32. The predicted octanol–water partition coefficient (Wildman–Crippen LogP) is 2.40. The molecule has 1 saturated carbocycles. The van der Waals surface area contributed by atoms with Gasteiger partial charge >= 0.3 is 0 Å². The van der Waals surface area contributed by atoms with Gasteiger partial charge in [0.25, 0.3) is 0 Å². The van der Waals surface area contributed by atoms with Crippen molar-refractivity contribution in [3.63, 3.8) is 0 Å². The number of carbonyl (C=O) groups is 2. The molecular weight excluding hydrogens is 306 g/mol. The molecule has 1 heterocycles. The Bertz CT molecular complexity index is 694. The number of likely N-dealkylation sites (tertiary alicyclic amines) is 1. The van der Waals surface area contributed by atoms with Crippen LogP contribution in [-0.4, -0.2) is 30.9 Å². The Labute approximate surface area is 141 Å². The summed E-state index contributed by atoms with van der Waals surface area (Å²) in [6.45, 7) is 0.296. The molecule has 0 unspecified atom stereocenters. The molecule has 5 heteroatoms. The van der Waals surface area contributed by atoms with Gasteiger partial charge in [0, 0.05) is 0 Å². The van der Waals surface area contributed by atoms with Crippen molar-refractivity contribution in [3.05, 3.63) is 35.9 Å². The second kappa shape index (κ2) is 5.65. The zero-order valence-corrected chi connectivity index (χ0v) is 13.9. The third kappa shape index (κ3) is 2.14. The second-order valence-corrected chi connectivity index (χ2v) is 6.79. The minimum Gasteiger partial charge on any atom is -0.493 e. The fraction of sp³-hybridized carbons (Fsp3) is 0.474. The molecule has 24 heavy (non-hydrogen) atoms. The van der Waals surface area contributed by atoms with Crippen LogP contribution in [0.4, 0.5) is 0 Å². The van der Waals surface area contributed by atoms with Crippen LogP contribution < -0.4 is 9.47 Å². The van der Waals surface area contributed by atoms with Gasteiger partial charge in [-0.15, -0.1) is 0 Å². The zero-order valence-electron chi connectivity index (χ0n) is 13.9. The number of amides is 2. The Morgan fingerprint density at radius 2 is 1.54 bits per heavy atom. The van der Waals surface area contributed by atoms with Gasteiger partial charge in [0.15, 0.2) is 11.5 Å². The van der Waals surface area contributed by atoms with Gasteiger partial charge in [-0.1, -0.05) is 18.2 Å². The van der Waals surface area contributed by atoms with Gasteiger partial charge in [0.1, 0.15) is 0 Å². The molecule has 4 aliphatic rings.